The van der Waals surface area contributed by atoms with E-state index in [4.69, 9.17) is 14.9 Å². The first-order chi connectivity index (χ1) is 15.4. The van der Waals surface area contributed by atoms with E-state index in [2.05, 4.69) is 13.5 Å². The molecule has 9 nitrogen and oxygen atoms in total. The van der Waals surface area contributed by atoms with E-state index in [1.807, 2.05) is 6.92 Å². The van der Waals surface area contributed by atoms with Gasteiger partial charge in [0.25, 0.3) is 0 Å². The zero-order valence-corrected chi connectivity index (χ0v) is 19.4. The van der Waals surface area contributed by atoms with E-state index in [-0.39, 0.29) is 130 Å². The number of aliphatic carboxylic acids is 2. The number of hydrogen-bond donors (Lipinski definition) is 5. The molecule has 3 rings (SSSR count). The molecule has 0 amide bonds. The molecule has 2 aliphatic carbocycles. The van der Waals surface area contributed by atoms with Crippen LogP contribution in [0.1, 0.15) is 65.2 Å². The number of ether oxygens (including phenoxy) is 1. The molecular weight excluding hydrogens is 494 g/mol. The minimum atomic E-state index is -1.08. The maximum atomic E-state index is 11.8. The molecule has 0 radical (unpaired) electrons. The molecule has 0 aromatic heterocycles. The third-order valence-electron chi connectivity index (χ3n) is 7.86. The molecule has 3 aliphatic rings. The van der Waals surface area contributed by atoms with E-state index in [9.17, 15) is 29.7 Å². The number of hydrogen-bond acceptors (Lipinski definition) is 7. The molecule has 0 aromatic rings. The molecule has 0 bridgehead atoms. The van der Waals surface area contributed by atoms with E-state index in [0.717, 1.165) is 25.7 Å². The normalized spacial score (nSPS) is 31.7. The SMILES string of the molecule is C=C1CC[C@@H]2[C@](C)(CO)[C@H](O)CC[C@@]2(C)[C@@H]1CCC1=C(O)COC1=O.O=C(O)CCC(=O)O.[KH].[NaH]. The van der Waals surface area contributed by atoms with Gasteiger partial charge in [0.15, 0.2) is 0 Å². The maximum absolute atomic E-state index is 11.8. The molecule has 0 aromatic carbocycles. The van der Waals surface area contributed by atoms with Gasteiger partial charge in [-0.3, -0.25) is 9.59 Å². The van der Waals surface area contributed by atoms with Crippen LogP contribution in [0.2, 0.25) is 0 Å². The van der Waals surface area contributed by atoms with Gasteiger partial charge < -0.3 is 30.3 Å². The number of rotatable bonds is 7. The van der Waals surface area contributed by atoms with Gasteiger partial charge in [0.05, 0.1) is 31.1 Å². The molecule has 0 saturated heterocycles. The summed E-state index contributed by atoms with van der Waals surface area (Å²) in [6.07, 6.45) is 3.49. The number of esters is 1. The minimum absolute atomic E-state index is 0. The number of carbonyl (C=O) groups excluding carboxylic acids is 1. The number of aliphatic hydroxyl groups is 3. The van der Waals surface area contributed by atoms with Crippen molar-refractivity contribution in [2.75, 3.05) is 13.2 Å². The molecule has 0 unspecified atom stereocenters. The third kappa shape index (κ3) is 8.36. The second kappa shape index (κ2) is 15.0. The molecule has 35 heavy (non-hydrogen) atoms. The molecule has 5 N–H and O–H groups in total. The Morgan fingerprint density at radius 2 is 1.71 bits per heavy atom. The van der Waals surface area contributed by atoms with Gasteiger partial charge in [-0.1, -0.05) is 26.0 Å². The zero-order valence-electron chi connectivity index (χ0n) is 19.4. The summed E-state index contributed by atoms with van der Waals surface area (Å²) in [6, 6.07) is 0. The fourth-order valence-corrected chi connectivity index (χ4v) is 5.91. The van der Waals surface area contributed by atoms with Gasteiger partial charge in [-0.15, -0.1) is 0 Å². The molecule has 190 valence electrons. The Bertz CT molecular complexity index is 816. The Morgan fingerprint density at radius 1 is 1.14 bits per heavy atom. The van der Waals surface area contributed by atoms with Crippen LogP contribution in [-0.4, -0.2) is 144 Å². The quantitative estimate of drug-likeness (QED) is 0.186. The van der Waals surface area contributed by atoms with Crippen LogP contribution in [-0.2, 0) is 19.1 Å². The molecule has 2 saturated carbocycles. The van der Waals surface area contributed by atoms with Crippen LogP contribution in [0.15, 0.2) is 23.5 Å². The number of cyclic esters (lactones) is 1. The Kier molecular flexibility index (Phi) is 15.1. The van der Waals surface area contributed by atoms with Gasteiger partial charge in [-0.25, -0.2) is 4.79 Å². The first-order valence-corrected chi connectivity index (χ1v) is 11.3. The summed E-state index contributed by atoms with van der Waals surface area (Å²) in [5.74, 6) is -2.10. The van der Waals surface area contributed by atoms with Gasteiger partial charge in [0, 0.05) is 5.41 Å². The topological polar surface area (TPSA) is 162 Å². The predicted octanol–water partition coefficient (Wildman–Crippen LogP) is 1.52. The standard InChI is InChI=1S/C20H30O5.C4H6O4.K.Na.2H/c1-12-4-7-16-19(2,9-8-17(23)20(16,3)11-21)14(12)6-5-13-15(22)10-25-18(13)24;5-3(6)1-2-4(7)8;;;;/h14,16-17,21-23H,1,4-11H2,2-3H3;1-2H2,(H,5,6)(H,7,8);;;;/t14-,16+,17-,19+,20+;;;;;/m1...../s1. The van der Waals surface area contributed by atoms with E-state index in [1.165, 1.54) is 5.57 Å². The van der Waals surface area contributed by atoms with Crippen LogP contribution >= 0.6 is 0 Å². The number of carboxylic acids is 2. The van der Waals surface area contributed by atoms with Crippen molar-refractivity contribution in [2.24, 2.45) is 22.7 Å². The number of aliphatic hydroxyl groups excluding tert-OH is 3. The van der Waals surface area contributed by atoms with Crippen molar-refractivity contribution >= 4 is 98.8 Å². The molecular formula is C24H38KNaO9. The predicted molar refractivity (Wildman–Crippen MR) is 133 cm³/mol. The van der Waals surface area contributed by atoms with Crippen molar-refractivity contribution in [3.05, 3.63) is 23.5 Å². The number of carbonyl (C=O) groups is 3. The van der Waals surface area contributed by atoms with Gasteiger partial charge in [-0.2, -0.15) is 0 Å². The van der Waals surface area contributed by atoms with Gasteiger partial charge in [0.2, 0.25) is 0 Å². The average Bonchev–Trinajstić information content (AvgIpc) is 3.07. The fraction of sp³-hybridized carbons (Fsp3) is 0.708. The van der Waals surface area contributed by atoms with Crippen molar-refractivity contribution < 1.29 is 44.7 Å². The van der Waals surface area contributed by atoms with Gasteiger partial charge in [-0.05, 0) is 55.8 Å². The monoisotopic (exact) mass is 532 g/mol. The van der Waals surface area contributed by atoms with Crippen LogP contribution in [0.25, 0.3) is 0 Å². The Morgan fingerprint density at radius 3 is 2.17 bits per heavy atom. The first kappa shape index (κ1) is 35.2. The molecule has 2 fully saturated rings. The van der Waals surface area contributed by atoms with Crippen LogP contribution < -0.4 is 0 Å². The summed E-state index contributed by atoms with van der Waals surface area (Å²) in [5, 5.41) is 46.2. The van der Waals surface area contributed by atoms with Crippen molar-refractivity contribution in [3.8, 4) is 0 Å². The van der Waals surface area contributed by atoms with Crippen LogP contribution in [0.4, 0.5) is 0 Å². The second-order valence-electron chi connectivity index (χ2n) is 9.85. The van der Waals surface area contributed by atoms with Crippen molar-refractivity contribution in [3.63, 3.8) is 0 Å². The Balaban J connectivity index is 0.00000101. The van der Waals surface area contributed by atoms with E-state index in [0.29, 0.717) is 18.4 Å². The van der Waals surface area contributed by atoms with Crippen molar-refractivity contribution in [1.29, 1.82) is 0 Å². The van der Waals surface area contributed by atoms with E-state index in [1.54, 1.807) is 0 Å². The average molecular weight is 533 g/mol. The second-order valence-corrected chi connectivity index (χ2v) is 9.85. The van der Waals surface area contributed by atoms with E-state index < -0.39 is 29.4 Å². The Labute approximate surface area is 271 Å². The van der Waals surface area contributed by atoms with Crippen LogP contribution in [0.3, 0.4) is 0 Å². The number of fused-ring (bicyclic) bond motifs is 1. The molecule has 0 spiro atoms. The first-order valence-electron chi connectivity index (χ1n) is 11.3. The van der Waals surface area contributed by atoms with Crippen molar-refractivity contribution in [2.45, 2.75) is 71.3 Å². The molecule has 5 atom stereocenters. The summed E-state index contributed by atoms with van der Waals surface area (Å²) >= 11 is 0. The van der Waals surface area contributed by atoms with Crippen LogP contribution in [0.5, 0.6) is 0 Å². The summed E-state index contributed by atoms with van der Waals surface area (Å²) < 4.78 is 4.89. The molecule has 1 aliphatic heterocycles. The number of allylic oxidation sites excluding steroid dienone is 1. The fourth-order valence-electron chi connectivity index (χ4n) is 5.91. The summed E-state index contributed by atoms with van der Waals surface area (Å²) in [7, 11) is 0. The Hall–Kier alpha value is 0.246. The summed E-state index contributed by atoms with van der Waals surface area (Å²) in [6.45, 7) is 8.48. The number of carboxylic acid groups (broad SMARTS) is 2. The summed E-state index contributed by atoms with van der Waals surface area (Å²) in [4.78, 5) is 31.0. The molecule has 11 heteroatoms. The van der Waals surface area contributed by atoms with E-state index >= 15 is 0 Å². The zero-order chi connectivity index (χ0) is 25.0. The van der Waals surface area contributed by atoms with Gasteiger partial charge in [0.1, 0.15) is 12.4 Å². The summed E-state index contributed by atoms with van der Waals surface area (Å²) in [5.41, 5.74) is 1.01. The van der Waals surface area contributed by atoms with Gasteiger partial charge >= 0.3 is 98.8 Å². The van der Waals surface area contributed by atoms with Crippen molar-refractivity contribution in [1.82, 2.24) is 0 Å². The van der Waals surface area contributed by atoms with Crippen LogP contribution in [0, 0.1) is 22.7 Å². The third-order valence-corrected chi connectivity index (χ3v) is 7.86. The molecule has 1 heterocycles.